The van der Waals surface area contributed by atoms with Crippen LogP contribution in [0.3, 0.4) is 0 Å². The second-order valence-electron chi connectivity index (χ2n) is 1.54. The number of rotatable bonds is 2. The van der Waals surface area contributed by atoms with Gasteiger partial charge in [0.25, 0.3) is 0 Å². The molecule has 0 saturated heterocycles. The third kappa shape index (κ3) is 0.771. The van der Waals surface area contributed by atoms with Crippen LogP contribution in [0.25, 0.3) is 6.08 Å². The second kappa shape index (κ2) is 2.30. The van der Waals surface area contributed by atoms with Gasteiger partial charge in [0.2, 0.25) is 0 Å². The molecule has 0 radical (unpaired) electrons. The van der Waals surface area contributed by atoms with Gasteiger partial charge in [-0.25, -0.2) is 9.89 Å². The maximum atomic E-state index is 10.7. The van der Waals surface area contributed by atoms with Crippen LogP contribution >= 0.6 is 0 Å². The lowest BCUT2D eigenvalue weighted by molar-refractivity contribution is 0.829. The first kappa shape index (κ1) is 6.47. The van der Waals surface area contributed by atoms with E-state index in [1.807, 2.05) is 0 Å². The Balaban J connectivity index is 3.39. The number of nitrogens with one attached hydrogen (secondary N) is 1. The fourth-order valence-electron chi connectivity index (χ4n) is 0.573. The largest absolute Gasteiger partial charge is 0.364 e. The molecule has 52 valence electrons. The lowest BCUT2D eigenvalue weighted by Gasteiger charge is -1.87. The molecule has 0 unspecified atom stereocenters. The Morgan fingerprint density at radius 3 is 2.90 bits per heavy atom. The van der Waals surface area contributed by atoms with Crippen LogP contribution in [0.5, 0.6) is 0 Å². The van der Waals surface area contributed by atoms with Crippen molar-refractivity contribution in [1.29, 1.82) is 0 Å². The Morgan fingerprint density at radius 2 is 2.50 bits per heavy atom. The first-order valence-corrected chi connectivity index (χ1v) is 2.56. The summed E-state index contributed by atoms with van der Waals surface area (Å²) in [4.78, 5) is 10.7. The van der Waals surface area contributed by atoms with Crippen molar-refractivity contribution in [3.63, 3.8) is 0 Å². The molecular formula is C5H6N4O. The zero-order valence-electron chi connectivity index (χ0n) is 5.24. The molecular weight excluding hydrogens is 132 g/mol. The van der Waals surface area contributed by atoms with E-state index in [1.165, 1.54) is 6.08 Å². The van der Waals surface area contributed by atoms with Crippen molar-refractivity contribution in [3.8, 4) is 0 Å². The van der Waals surface area contributed by atoms with Gasteiger partial charge in [-0.1, -0.05) is 6.58 Å². The maximum Gasteiger partial charge on any atom is 0.364 e. The Bertz CT molecular complexity index is 308. The summed E-state index contributed by atoms with van der Waals surface area (Å²) in [6, 6.07) is 0. The average molecular weight is 138 g/mol. The smallest absolute Gasteiger partial charge is 0.244 e. The van der Waals surface area contributed by atoms with E-state index in [2.05, 4.69) is 28.6 Å². The Kier molecular flexibility index (Phi) is 1.49. The minimum Gasteiger partial charge on any atom is -0.244 e. The summed E-state index contributed by atoms with van der Waals surface area (Å²) in [6.45, 7) is 6.60. The minimum absolute atomic E-state index is 0.361. The minimum atomic E-state index is -0.412. The molecule has 0 saturated carbocycles. The van der Waals surface area contributed by atoms with E-state index in [4.69, 9.17) is 0 Å². The van der Waals surface area contributed by atoms with E-state index in [9.17, 15) is 4.79 Å². The monoisotopic (exact) mass is 138 g/mol. The van der Waals surface area contributed by atoms with Gasteiger partial charge in [0.05, 0.1) is 0 Å². The second-order valence-corrected chi connectivity index (χ2v) is 1.54. The summed E-state index contributed by atoms with van der Waals surface area (Å²) in [5, 5.41) is 9.16. The van der Waals surface area contributed by atoms with Crippen LogP contribution in [0.1, 0.15) is 5.82 Å². The molecule has 0 atom stereocenters. The van der Waals surface area contributed by atoms with Gasteiger partial charge in [0, 0.05) is 6.72 Å². The van der Waals surface area contributed by atoms with E-state index >= 15 is 0 Å². The van der Waals surface area contributed by atoms with E-state index < -0.39 is 5.69 Å². The number of hydrogen-bond acceptors (Lipinski definition) is 3. The van der Waals surface area contributed by atoms with Crippen molar-refractivity contribution >= 4 is 12.8 Å². The molecule has 1 aromatic heterocycles. The lowest BCUT2D eigenvalue weighted by atomic mass is 10.6. The van der Waals surface area contributed by atoms with Crippen LogP contribution in [0.2, 0.25) is 0 Å². The highest BCUT2D eigenvalue weighted by molar-refractivity contribution is 5.36. The number of H-pyrrole nitrogens is 1. The van der Waals surface area contributed by atoms with E-state index in [-0.39, 0.29) is 0 Å². The van der Waals surface area contributed by atoms with Crippen molar-refractivity contribution in [2.75, 3.05) is 0 Å². The molecule has 0 aromatic carbocycles. The fourth-order valence-corrected chi connectivity index (χ4v) is 0.573. The van der Waals surface area contributed by atoms with Crippen LogP contribution in [-0.4, -0.2) is 21.6 Å². The molecule has 0 bridgehead atoms. The number of hydrogen-bond donors (Lipinski definition) is 1. The summed E-state index contributed by atoms with van der Waals surface area (Å²) in [5.74, 6) is 0.361. The third-order valence-electron chi connectivity index (χ3n) is 0.999. The van der Waals surface area contributed by atoms with Gasteiger partial charge in [0.15, 0.2) is 5.82 Å². The van der Waals surface area contributed by atoms with Gasteiger partial charge >= 0.3 is 5.69 Å². The molecule has 1 aromatic rings. The summed E-state index contributed by atoms with van der Waals surface area (Å²) in [6.07, 6.45) is 1.41. The summed E-state index contributed by atoms with van der Waals surface area (Å²) in [7, 11) is 0. The maximum absolute atomic E-state index is 10.7. The molecule has 1 heterocycles. The fraction of sp³-hybridized carbons (Fsp3) is 0. The van der Waals surface area contributed by atoms with Gasteiger partial charge in [-0.2, -0.15) is 14.9 Å². The molecule has 0 aliphatic rings. The van der Waals surface area contributed by atoms with Crippen molar-refractivity contribution < 1.29 is 0 Å². The van der Waals surface area contributed by atoms with E-state index in [0.717, 1.165) is 4.68 Å². The van der Waals surface area contributed by atoms with Crippen LogP contribution in [-0.2, 0) is 0 Å². The molecule has 5 nitrogen and oxygen atoms in total. The molecule has 1 N–H and O–H groups in total. The van der Waals surface area contributed by atoms with E-state index in [1.54, 1.807) is 0 Å². The first-order chi connectivity index (χ1) is 4.79. The highest BCUT2D eigenvalue weighted by atomic mass is 16.2. The molecule has 1 rings (SSSR count). The van der Waals surface area contributed by atoms with Crippen molar-refractivity contribution in [2.24, 2.45) is 5.10 Å². The van der Waals surface area contributed by atoms with Gasteiger partial charge in [-0.15, -0.1) is 0 Å². The highest BCUT2D eigenvalue weighted by Gasteiger charge is 1.99. The van der Waals surface area contributed by atoms with E-state index in [0.29, 0.717) is 5.82 Å². The number of aromatic amines is 1. The Morgan fingerprint density at radius 1 is 1.80 bits per heavy atom. The van der Waals surface area contributed by atoms with Crippen LogP contribution in [0.4, 0.5) is 0 Å². The topological polar surface area (TPSA) is 63.0 Å². The quantitative estimate of drug-likeness (QED) is 0.569. The molecule has 0 aliphatic heterocycles. The Hall–Kier alpha value is -1.65. The first-order valence-electron chi connectivity index (χ1n) is 2.56. The summed E-state index contributed by atoms with van der Waals surface area (Å²) < 4.78 is 1.02. The van der Waals surface area contributed by atoms with Gasteiger partial charge < -0.3 is 0 Å². The highest BCUT2D eigenvalue weighted by Crippen LogP contribution is 1.88. The zero-order valence-corrected chi connectivity index (χ0v) is 5.24. The van der Waals surface area contributed by atoms with Gasteiger partial charge in [0.1, 0.15) is 0 Å². The standard InChI is InChI=1S/C5H6N4O/c1-3-4-7-8-5(10)9(4)6-2/h3H,1-2H2,(H,8,10). The third-order valence-corrected chi connectivity index (χ3v) is 0.999. The van der Waals surface area contributed by atoms with Crippen LogP contribution < -0.4 is 5.69 Å². The molecule has 0 spiro atoms. The molecule has 5 heteroatoms. The SMILES string of the molecule is C=Cc1n[nH]c(=O)n1N=C. The molecule has 10 heavy (non-hydrogen) atoms. The molecule has 0 amide bonds. The normalized spacial score (nSPS) is 9.20. The Labute approximate surface area is 56.7 Å². The number of nitrogens with zero attached hydrogens (tertiary/aromatic N) is 3. The van der Waals surface area contributed by atoms with Crippen LogP contribution in [0, 0.1) is 0 Å². The van der Waals surface area contributed by atoms with Crippen molar-refractivity contribution in [3.05, 3.63) is 22.9 Å². The van der Waals surface area contributed by atoms with Gasteiger partial charge in [-0.05, 0) is 6.08 Å². The zero-order chi connectivity index (χ0) is 7.56. The van der Waals surface area contributed by atoms with Crippen LogP contribution in [0.15, 0.2) is 16.5 Å². The van der Waals surface area contributed by atoms with Crippen molar-refractivity contribution in [2.45, 2.75) is 0 Å². The summed E-state index contributed by atoms with van der Waals surface area (Å²) >= 11 is 0. The number of aromatic nitrogens is 3. The predicted octanol–water partition coefficient (Wildman–Crippen LogP) is -0.322. The average Bonchev–Trinajstić information content (AvgIpc) is 2.30. The lowest BCUT2D eigenvalue weighted by Crippen LogP contribution is -2.12. The molecule has 0 fully saturated rings. The predicted molar refractivity (Wildman–Crippen MR) is 37.9 cm³/mol. The molecule has 0 aliphatic carbocycles. The summed E-state index contributed by atoms with van der Waals surface area (Å²) in [5.41, 5.74) is -0.412. The van der Waals surface area contributed by atoms with Gasteiger partial charge in [-0.3, -0.25) is 0 Å². The van der Waals surface area contributed by atoms with Crippen molar-refractivity contribution in [1.82, 2.24) is 14.9 Å².